The van der Waals surface area contributed by atoms with Crippen LogP contribution in [0.5, 0.6) is 0 Å². The van der Waals surface area contributed by atoms with Gasteiger partial charge in [-0.3, -0.25) is 9.69 Å². The topological polar surface area (TPSA) is 50.6 Å². The molecule has 1 amide bonds. The summed E-state index contributed by atoms with van der Waals surface area (Å²) in [5.74, 6) is 1.46. The van der Waals surface area contributed by atoms with Gasteiger partial charge in [-0.2, -0.15) is 0 Å². The lowest BCUT2D eigenvalue weighted by Gasteiger charge is -2.42. The summed E-state index contributed by atoms with van der Waals surface area (Å²) in [7, 11) is 1.70. The second-order valence-corrected chi connectivity index (χ2v) is 8.01. The fourth-order valence-electron chi connectivity index (χ4n) is 5.09. The third kappa shape index (κ3) is 3.22. The van der Waals surface area contributed by atoms with Crippen molar-refractivity contribution in [1.29, 1.82) is 0 Å². The summed E-state index contributed by atoms with van der Waals surface area (Å²) in [6.45, 7) is 4.18. The van der Waals surface area contributed by atoms with Crippen molar-refractivity contribution >= 4 is 5.91 Å². The van der Waals surface area contributed by atoms with E-state index in [0.717, 1.165) is 51.3 Å². The lowest BCUT2D eigenvalue weighted by Crippen LogP contribution is -2.53. The van der Waals surface area contributed by atoms with E-state index in [1.165, 1.54) is 25.7 Å². The van der Waals surface area contributed by atoms with Crippen LogP contribution in [0, 0.1) is 5.41 Å². The molecule has 1 spiro atoms. The summed E-state index contributed by atoms with van der Waals surface area (Å²) in [6, 6.07) is 0.513. The van der Waals surface area contributed by atoms with Crippen molar-refractivity contribution in [3.63, 3.8) is 0 Å². The van der Waals surface area contributed by atoms with Crippen molar-refractivity contribution in [1.82, 2.24) is 19.4 Å². The Morgan fingerprint density at radius 1 is 1.24 bits per heavy atom. The zero-order chi connectivity index (χ0) is 17.3. The molecule has 3 aliphatic rings. The first-order valence-electron chi connectivity index (χ1n) is 9.74. The number of rotatable bonds is 5. The average Bonchev–Trinajstić information content (AvgIpc) is 3.34. The van der Waals surface area contributed by atoms with Gasteiger partial charge >= 0.3 is 0 Å². The minimum Gasteiger partial charge on any atom is -0.364 e. The molecule has 3 heterocycles. The highest BCUT2D eigenvalue weighted by Gasteiger charge is 2.49. The Hall–Kier alpha value is -1.40. The predicted octanol–water partition coefficient (Wildman–Crippen LogP) is 2.24. The summed E-state index contributed by atoms with van der Waals surface area (Å²) >= 11 is 0. The molecule has 25 heavy (non-hydrogen) atoms. The smallest absolute Gasteiger partial charge is 0.230 e. The van der Waals surface area contributed by atoms with E-state index in [1.54, 1.807) is 7.11 Å². The number of amides is 1. The van der Waals surface area contributed by atoms with Crippen molar-refractivity contribution in [2.45, 2.75) is 64.3 Å². The molecular formula is C19H30N4O2. The maximum absolute atomic E-state index is 13.3. The molecule has 0 bridgehead atoms. The molecule has 1 saturated carbocycles. The Labute approximate surface area is 150 Å². The van der Waals surface area contributed by atoms with Crippen molar-refractivity contribution in [2.75, 3.05) is 26.7 Å². The van der Waals surface area contributed by atoms with Gasteiger partial charge in [-0.25, -0.2) is 4.98 Å². The number of ether oxygens (including phenoxy) is 1. The first-order chi connectivity index (χ1) is 12.2. The maximum Gasteiger partial charge on any atom is 0.230 e. The summed E-state index contributed by atoms with van der Waals surface area (Å²) in [5, 5.41) is 0. The second kappa shape index (κ2) is 7.08. The molecule has 1 aromatic heterocycles. The zero-order valence-corrected chi connectivity index (χ0v) is 15.3. The molecule has 1 atom stereocenters. The molecule has 3 fully saturated rings. The molecule has 4 rings (SSSR count). The Morgan fingerprint density at radius 2 is 2.08 bits per heavy atom. The highest BCUT2D eigenvalue weighted by molar-refractivity contribution is 5.84. The van der Waals surface area contributed by atoms with Crippen LogP contribution in [0.25, 0.3) is 0 Å². The van der Waals surface area contributed by atoms with Crippen molar-refractivity contribution in [2.24, 2.45) is 5.41 Å². The Balaban J connectivity index is 1.43. The van der Waals surface area contributed by atoms with Gasteiger partial charge in [0.15, 0.2) is 0 Å². The molecule has 1 aliphatic carbocycles. The van der Waals surface area contributed by atoms with E-state index < -0.39 is 0 Å². The third-order valence-electron chi connectivity index (χ3n) is 6.40. The number of carbonyl (C=O) groups is 1. The standard InChI is InChI=1S/C19H30N4O2/c1-25-15-22-12-9-20-17(22)13-21-11-8-19(14-21)7-4-10-23(18(19)24)16-5-2-3-6-16/h9,12,16H,2-8,10-11,13-15H2,1H3. The van der Waals surface area contributed by atoms with Crippen molar-refractivity contribution in [3.8, 4) is 0 Å². The molecule has 0 radical (unpaired) electrons. The molecule has 1 aromatic rings. The Kier molecular flexibility index (Phi) is 4.82. The van der Waals surface area contributed by atoms with Crippen LogP contribution in [0.1, 0.15) is 50.8 Å². The highest BCUT2D eigenvalue weighted by atomic mass is 16.5. The number of hydrogen-bond donors (Lipinski definition) is 0. The Bertz CT molecular complexity index is 610. The predicted molar refractivity (Wildman–Crippen MR) is 94.8 cm³/mol. The average molecular weight is 346 g/mol. The number of likely N-dealkylation sites (tertiary alicyclic amines) is 2. The fourth-order valence-corrected chi connectivity index (χ4v) is 5.09. The van der Waals surface area contributed by atoms with Crippen molar-refractivity contribution < 1.29 is 9.53 Å². The van der Waals surface area contributed by atoms with Gasteiger partial charge in [0.2, 0.25) is 5.91 Å². The third-order valence-corrected chi connectivity index (χ3v) is 6.40. The zero-order valence-electron chi connectivity index (χ0n) is 15.3. The molecule has 2 saturated heterocycles. The SMILES string of the molecule is COCn1ccnc1CN1CCC2(CCCN(C3CCCC3)C2=O)C1. The molecule has 0 N–H and O–H groups in total. The normalized spacial score (nSPS) is 28.5. The van der Waals surface area contributed by atoms with E-state index in [-0.39, 0.29) is 5.41 Å². The van der Waals surface area contributed by atoms with Gasteiger partial charge in [0.1, 0.15) is 12.6 Å². The maximum atomic E-state index is 13.3. The molecule has 6 nitrogen and oxygen atoms in total. The summed E-state index contributed by atoms with van der Waals surface area (Å²) in [6.07, 6.45) is 12.0. The summed E-state index contributed by atoms with van der Waals surface area (Å²) in [5.41, 5.74) is -0.139. The number of piperidine rings is 1. The van der Waals surface area contributed by atoms with E-state index in [0.29, 0.717) is 18.7 Å². The van der Waals surface area contributed by atoms with Crippen LogP contribution in [-0.4, -0.2) is 58.0 Å². The van der Waals surface area contributed by atoms with Gasteiger partial charge in [-0.15, -0.1) is 0 Å². The van der Waals surface area contributed by atoms with Gasteiger partial charge in [0.25, 0.3) is 0 Å². The lowest BCUT2D eigenvalue weighted by atomic mass is 9.77. The van der Waals surface area contributed by atoms with Gasteiger partial charge in [0.05, 0.1) is 12.0 Å². The molecule has 1 unspecified atom stereocenters. The first kappa shape index (κ1) is 17.0. The van der Waals surface area contributed by atoms with Crippen LogP contribution in [0.3, 0.4) is 0 Å². The van der Waals surface area contributed by atoms with Crippen LogP contribution in [-0.2, 0) is 22.8 Å². The number of imidazole rings is 1. The largest absolute Gasteiger partial charge is 0.364 e. The van der Waals surface area contributed by atoms with Gasteiger partial charge < -0.3 is 14.2 Å². The highest BCUT2D eigenvalue weighted by Crippen LogP contribution is 2.42. The second-order valence-electron chi connectivity index (χ2n) is 8.01. The quantitative estimate of drug-likeness (QED) is 0.820. The summed E-state index contributed by atoms with van der Waals surface area (Å²) < 4.78 is 7.27. The molecule has 2 aliphatic heterocycles. The van der Waals surface area contributed by atoms with E-state index in [1.807, 2.05) is 17.0 Å². The van der Waals surface area contributed by atoms with Crippen LogP contribution in [0.4, 0.5) is 0 Å². The van der Waals surface area contributed by atoms with Gasteiger partial charge in [-0.05, 0) is 38.6 Å². The van der Waals surface area contributed by atoms with Gasteiger partial charge in [0, 0.05) is 38.6 Å². The molecule has 6 heteroatoms. The monoisotopic (exact) mass is 346 g/mol. The fraction of sp³-hybridized carbons (Fsp3) is 0.789. The number of carbonyl (C=O) groups excluding carboxylic acids is 1. The van der Waals surface area contributed by atoms with E-state index in [4.69, 9.17) is 4.74 Å². The number of nitrogens with zero attached hydrogens (tertiary/aromatic N) is 4. The molecule has 138 valence electrons. The van der Waals surface area contributed by atoms with E-state index in [2.05, 4.69) is 14.8 Å². The van der Waals surface area contributed by atoms with Crippen LogP contribution in [0.2, 0.25) is 0 Å². The summed E-state index contributed by atoms with van der Waals surface area (Å²) in [4.78, 5) is 22.4. The number of methoxy groups -OCH3 is 1. The van der Waals surface area contributed by atoms with Crippen molar-refractivity contribution in [3.05, 3.63) is 18.2 Å². The minimum atomic E-state index is -0.139. The first-order valence-corrected chi connectivity index (χ1v) is 9.74. The number of aromatic nitrogens is 2. The van der Waals surface area contributed by atoms with Crippen LogP contribution < -0.4 is 0 Å². The van der Waals surface area contributed by atoms with Crippen LogP contribution in [0.15, 0.2) is 12.4 Å². The van der Waals surface area contributed by atoms with E-state index in [9.17, 15) is 4.79 Å². The Morgan fingerprint density at radius 3 is 2.88 bits per heavy atom. The van der Waals surface area contributed by atoms with E-state index >= 15 is 0 Å². The van der Waals surface area contributed by atoms with Crippen LogP contribution >= 0.6 is 0 Å². The molecular weight excluding hydrogens is 316 g/mol. The minimum absolute atomic E-state index is 0.139. The molecule has 0 aromatic carbocycles. The number of hydrogen-bond acceptors (Lipinski definition) is 4. The lowest BCUT2D eigenvalue weighted by molar-refractivity contribution is -0.148. The van der Waals surface area contributed by atoms with Gasteiger partial charge in [-0.1, -0.05) is 12.8 Å².